The van der Waals surface area contributed by atoms with Crippen LogP contribution in [0.25, 0.3) is 22.8 Å². The van der Waals surface area contributed by atoms with Gasteiger partial charge in [-0.25, -0.2) is 4.98 Å². The van der Waals surface area contributed by atoms with Gasteiger partial charge in [-0.3, -0.25) is 0 Å². The van der Waals surface area contributed by atoms with Crippen LogP contribution >= 0.6 is 0 Å². The van der Waals surface area contributed by atoms with E-state index in [0.29, 0.717) is 24.0 Å². The second kappa shape index (κ2) is 13.2. The number of nitrogens with zero attached hydrogens (tertiary/aromatic N) is 3. The minimum atomic E-state index is 0.262. The molecule has 0 aliphatic carbocycles. The van der Waals surface area contributed by atoms with Crippen LogP contribution in [0.15, 0.2) is 60.7 Å². The van der Waals surface area contributed by atoms with Crippen LogP contribution in [-0.4, -0.2) is 21.6 Å². The highest BCUT2D eigenvalue weighted by molar-refractivity contribution is 5.66. The number of benzene rings is 3. The summed E-state index contributed by atoms with van der Waals surface area (Å²) in [6.07, 6.45) is 7.41. The van der Waals surface area contributed by atoms with E-state index in [-0.39, 0.29) is 6.01 Å². The van der Waals surface area contributed by atoms with Gasteiger partial charge >= 0.3 is 6.01 Å². The fourth-order valence-corrected chi connectivity index (χ4v) is 4.58. The van der Waals surface area contributed by atoms with Gasteiger partial charge in [0.2, 0.25) is 0 Å². The Morgan fingerprint density at radius 2 is 1.18 bits per heavy atom. The molecule has 4 rings (SSSR count). The molecule has 5 heteroatoms. The largest absolute Gasteiger partial charge is 0.493 e. The maximum absolute atomic E-state index is 6.20. The third kappa shape index (κ3) is 7.41. The lowest BCUT2D eigenvalue weighted by atomic mass is 10.0. The first-order valence-corrected chi connectivity index (χ1v) is 13.7. The predicted octanol–water partition coefficient (Wildman–Crippen LogP) is 8.97. The second-order valence-electron chi connectivity index (χ2n) is 10.1. The highest BCUT2D eigenvalue weighted by Gasteiger charge is 2.15. The van der Waals surface area contributed by atoms with Crippen molar-refractivity contribution < 1.29 is 9.47 Å². The van der Waals surface area contributed by atoms with Crippen molar-refractivity contribution in [2.45, 2.75) is 73.1 Å². The maximum atomic E-state index is 6.20. The van der Waals surface area contributed by atoms with Crippen LogP contribution < -0.4 is 9.47 Å². The average Bonchev–Trinajstić information content (AvgIpc) is 2.88. The van der Waals surface area contributed by atoms with E-state index >= 15 is 0 Å². The Labute approximate surface area is 227 Å². The van der Waals surface area contributed by atoms with E-state index in [0.717, 1.165) is 34.4 Å². The van der Waals surface area contributed by atoms with Gasteiger partial charge in [0.25, 0.3) is 0 Å². The second-order valence-corrected chi connectivity index (χ2v) is 10.1. The summed E-state index contributed by atoms with van der Waals surface area (Å²) in [6.45, 7) is 11.3. The Balaban J connectivity index is 1.58. The van der Waals surface area contributed by atoms with Crippen LogP contribution in [0.3, 0.4) is 0 Å². The van der Waals surface area contributed by atoms with Crippen molar-refractivity contribution in [3.8, 4) is 40.3 Å². The molecule has 0 radical (unpaired) electrons. The molecule has 38 heavy (non-hydrogen) atoms. The van der Waals surface area contributed by atoms with E-state index < -0.39 is 0 Å². The molecule has 198 valence electrons. The van der Waals surface area contributed by atoms with E-state index in [1.165, 1.54) is 43.2 Å². The Hall–Kier alpha value is -3.73. The molecule has 0 unspecified atom stereocenters. The molecule has 5 nitrogen and oxygen atoms in total. The van der Waals surface area contributed by atoms with Crippen LogP contribution in [0.5, 0.6) is 17.5 Å². The molecule has 0 amide bonds. The molecule has 3 aromatic carbocycles. The summed E-state index contributed by atoms with van der Waals surface area (Å²) in [5, 5.41) is 0. The number of aromatic nitrogens is 3. The van der Waals surface area contributed by atoms with Gasteiger partial charge in [-0.15, -0.1) is 0 Å². The number of hydrogen-bond acceptors (Lipinski definition) is 5. The predicted molar refractivity (Wildman–Crippen MR) is 155 cm³/mol. The summed E-state index contributed by atoms with van der Waals surface area (Å²) in [6, 6.07) is 20.5. The Morgan fingerprint density at radius 3 is 1.79 bits per heavy atom. The van der Waals surface area contributed by atoms with E-state index in [2.05, 4.69) is 71.0 Å². The molecule has 0 saturated heterocycles. The van der Waals surface area contributed by atoms with E-state index in [9.17, 15) is 0 Å². The van der Waals surface area contributed by atoms with Crippen LogP contribution in [0.2, 0.25) is 0 Å². The zero-order valence-electron chi connectivity index (χ0n) is 23.4. The van der Waals surface area contributed by atoms with Crippen molar-refractivity contribution in [3.05, 3.63) is 82.9 Å². The lowest BCUT2D eigenvalue weighted by Crippen LogP contribution is -2.02. The third-order valence-electron chi connectivity index (χ3n) is 6.64. The Morgan fingerprint density at radius 1 is 0.605 bits per heavy atom. The Bertz CT molecular complexity index is 1300. The van der Waals surface area contributed by atoms with E-state index in [1.807, 2.05) is 24.3 Å². The van der Waals surface area contributed by atoms with E-state index in [4.69, 9.17) is 24.4 Å². The molecule has 0 fully saturated rings. The molecular formula is C33H39N3O2. The summed E-state index contributed by atoms with van der Waals surface area (Å²) in [4.78, 5) is 14.3. The van der Waals surface area contributed by atoms with Crippen molar-refractivity contribution in [1.29, 1.82) is 0 Å². The van der Waals surface area contributed by atoms with Crippen LogP contribution in [0, 0.1) is 27.7 Å². The molecule has 0 saturated carbocycles. The SMILES string of the molecule is CCCCCCCCOc1cccc(Oc2nc(-c3ccc(C)cc3C)nc(-c3ccc(C)cc3C)n2)c1. The van der Waals surface area contributed by atoms with Crippen molar-refractivity contribution in [3.63, 3.8) is 0 Å². The van der Waals surface area contributed by atoms with Crippen molar-refractivity contribution >= 4 is 0 Å². The standard InChI is InChI=1S/C33H39N3O2/c1-6-7-8-9-10-11-19-37-27-13-12-14-28(22-27)38-33-35-31(29-17-15-23(2)20-25(29)4)34-32(36-33)30-18-16-24(3)21-26(30)5/h12-18,20-22H,6-11,19H2,1-5H3. The monoisotopic (exact) mass is 509 g/mol. The van der Waals surface area contributed by atoms with Gasteiger partial charge in [0, 0.05) is 17.2 Å². The third-order valence-corrected chi connectivity index (χ3v) is 6.64. The van der Waals surface area contributed by atoms with Gasteiger partial charge in [0.15, 0.2) is 11.6 Å². The quantitative estimate of drug-likeness (QED) is 0.178. The molecule has 0 bridgehead atoms. The Kier molecular flexibility index (Phi) is 9.47. The highest BCUT2D eigenvalue weighted by Crippen LogP contribution is 2.30. The summed E-state index contributed by atoms with van der Waals surface area (Å²) >= 11 is 0. The first kappa shape index (κ1) is 27.3. The summed E-state index contributed by atoms with van der Waals surface area (Å²) < 4.78 is 12.2. The van der Waals surface area contributed by atoms with Gasteiger partial charge in [-0.1, -0.05) is 92.6 Å². The normalized spacial score (nSPS) is 11.0. The van der Waals surface area contributed by atoms with Gasteiger partial charge in [0.1, 0.15) is 11.5 Å². The molecule has 1 aromatic heterocycles. The molecule has 0 N–H and O–H groups in total. The molecule has 4 aromatic rings. The molecule has 1 heterocycles. The number of ether oxygens (including phenoxy) is 2. The molecule has 0 spiro atoms. The minimum absolute atomic E-state index is 0.262. The fraction of sp³-hybridized carbons (Fsp3) is 0.364. The first-order chi connectivity index (χ1) is 18.4. The zero-order chi connectivity index (χ0) is 26.9. The first-order valence-electron chi connectivity index (χ1n) is 13.7. The number of aryl methyl sites for hydroxylation is 4. The fourth-order valence-electron chi connectivity index (χ4n) is 4.58. The number of unbranched alkanes of at least 4 members (excludes halogenated alkanes) is 5. The lowest BCUT2D eigenvalue weighted by molar-refractivity contribution is 0.302. The molecule has 0 aliphatic heterocycles. The van der Waals surface area contributed by atoms with E-state index in [1.54, 1.807) is 0 Å². The highest BCUT2D eigenvalue weighted by atomic mass is 16.5. The zero-order valence-corrected chi connectivity index (χ0v) is 23.4. The summed E-state index contributed by atoms with van der Waals surface area (Å²) in [5.74, 6) is 2.61. The lowest BCUT2D eigenvalue weighted by Gasteiger charge is -2.12. The smallest absolute Gasteiger partial charge is 0.326 e. The maximum Gasteiger partial charge on any atom is 0.326 e. The summed E-state index contributed by atoms with van der Waals surface area (Å²) in [7, 11) is 0. The number of hydrogen-bond donors (Lipinski definition) is 0. The van der Waals surface area contributed by atoms with Crippen molar-refractivity contribution in [2.24, 2.45) is 0 Å². The van der Waals surface area contributed by atoms with Gasteiger partial charge < -0.3 is 9.47 Å². The van der Waals surface area contributed by atoms with Gasteiger partial charge in [-0.05, 0) is 57.4 Å². The van der Waals surface area contributed by atoms with Gasteiger partial charge in [-0.2, -0.15) is 9.97 Å². The van der Waals surface area contributed by atoms with Crippen molar-refractivity contribution in [2.75, 3.05) is 6.61 Å². The van der Waals surface area contributed by atoms with Crippen molar-refractivity contribution in [1.82, 2.24) is 15.0 Å². The molecule has 0 atom stereocenters. The minimum Gasteiger partial charge on any atom is -0.493 e. The van der Waals surface area contributed by atoms with Crippen LogP contribution in [0.1, 0.15) is 67.7 Å². The topological polar surface area (TPSA) is 57.1 Å². The summed E-state index contributed by atoms with van der Waals surface area (Å²) in [5.41, 5.74) is 6.54. The average molecular weight is 510 g/mol. The number of rotatable bonds is 12. The molecular weight excluding hydrogens is 470 g/mol. The molecule has 0 aliphatic rings. The van der Waals surface area contributed by atoms with Crippen LogP contribution in [0.4, 0.5) is 0 Å². The van der Waals surface area contributed by atoms with Gasteiger partial charge in [0.05, 0.1) is 6.61 Å². The van der Waals surface area contributed by atoms with Crippen LogP contribution in [-0.2, 0) is 0 Å².